The molecular formula is C18H25N3O3S. The number of amides is 2. The van der Waals surface area contributed by atoms with E-state index in [1.807, 2.05) is 12.1 Å². The summed E-state index contributed by atoms with van der Waals surface area (Å²) in [5, 5.41) is 5.88. The lowest BCUT2D eigenvalue weighted by Gasteiger charge is -2.36. The van der Waals surface area contributed by atoms with Gasteiger partial charge in [-0.15, -0.1) is 11.8 Å². The molecule has 0 saturated carbocycles. The highest BCUT2D eigenvalue weighted by Gasteiger charge is 2.24. The molecule has 1 aromatic rings. The van der Waals surface area contributed by atoms with E-state index in [0.29, 0.717) is 29.8 Å². The van der Waals surface area contributed by atoms with E-state index in [-0.39, 0.29) is 11.8 Å². The Hall–Kier alpha value is -1.57. The molecule has 3 rings (SSSR count). The molecule has 25 heavy (non-hydrogen) atoms. The smallest absolute Gasteiger partial charge is 0.251 e. The zero-order valence-corrected chi connectivity index (χ0v) is 15.5. The van der Waals surface area contributed by atoms with Crippen LogP contribution >= 0.6 is 11.8 Å². The summed E-state index contributed by atoms with van der Waals surface area (Å²) in [6.07, 6.45) is 0. The van der Waals surface area contributed by atoms with Crippen LogP contribution in [0.1, 0.15) is 24.2 Å². The fourth-order valence-electron chi connectivity index (χ4n) is 3.22. The van der Waals surface area contributed by atoms with Crippen LogP contribution in [0.3, 0.4) is 0 Å². The fraction of sp³-hybridized carbons (Fsp3) is 0.556. The van der Waals surface area contributed by atoms with E-state index in [0.717, 1.165) is 36.9 Å². The molecule has 0 bridgehead atoms. The van der Waals surface area contributed by atoms with Gasteiger partial charge in [-0.05, 0) is 24.1 Å². The van der Waals surface area contributed by atoms with Gasteiger partial charge in [0.2, 0.25) is 5.91 Å². The van der Waals surface area contributed by atoms with E-state index >= 15 is 0 Å². The van der Waals surface area contributed by atoms with Gasteiger partial charge >= 0.3 is 0 Å². The highest BCUT2D eigenvalue weighted by Crippen LogP contribution is 2.31. The largest absolute Gasteiger partial charge is 0.379 e. The SMILES string of the molecule is CC(C)C(CNC(=O)c1ccc2c(c1)NC(=O)CS2)N1CCOCC1. The molecule has 0 radical (unpaired) electrons. The lowest BCUT2D eigenvalue weighted by molar-refractivity contribution is -0.113. The van der Waals surface area contributed by atoms with Crippen molar-refractivity contribution in [2.45, 2.75) is 24.8 Å². The molecule has 2 heterocycles. The zero-order valence-electron chi connectivity index (χ0n) is 14.7. The number of hydrogen-bond acceptors (Lipinski definition) is 5. The van der Waals surface area contributed by atoms with Crippen molar-refractivity contribution in [3.63, 3.8) is 0 Å². The van der Waals surface area contributed by atoms with Crippen LogP contribution in [-0.2, 0) is 9.53 Å². The second-order valence-corrected chi connectivity index (χ2v) is 7.73. The van der Waals surface area contributed by atoms with Crippen molar-refractivity contribution >= 4 is 29.3 Å². The summed E-state index contributed by atoms with van der Waals surface area (Å²) in [6.45, 7) is 8.27. The zero-order chi connectivity index (χ0) is 17.8. The minimum Gasteiger partial charge on any atom is -0.379 e. The van der Waals surface area contributed by atoms with Gasteiger partial charge in [-0.3, -0.25) is 14.5 Å². The molecule has 0 aromatic heterocycles. The molecule has 1 unspecified atom stereocenters. The Labute approximate surface area is 152 Å². The van der Waals surface area contributed by atoms with Gasteiger partial charge in [0.05, 0.1) is 24.7 Å². The Morgan fingerprint density at radius 1 is 1.36 bits per heavy atom. The summed E-state index contributed by atoms with van der Waals surface area (Å²) in [6, 6.07) is 5.77. The van der Waals surface area contributed by atoms with Crippen LogP contribution in [-0.4, -0.2) is 61.4 Å². The van der Waals surface area contributed by atoms with Crippen LogP contribution in [0.2, 0.25) is 0 Å². The van der Waals surface area contributed by atoms with Crippen LogP contribution in [0.4, 0.5) is 5.69 Å². The number of carbonyl (C=O) groups excluding carboxylic acids is 2. The average molecular weight is 363 g/mol. The predicted molar refractivity (Wildman–Crippen MR) is 99.1 cm³/mol. The van der Waals surface area contributed by atoms with E-state index in [1.54, 1.807) is 6.07 Å². The predicted octanol–water partition coefficient (Wildman–Crippen LogP) is 1.82. The summed E-state index contributed by atoms with van der Waals surface area (Å²) in [4.78, 5) is 27.5. The number of benzene rings is 1. The number of ether oxygens (including phenoxy) is 1. The molecule has 0 spiro atoms. The standard InChI is InChI=1S/C18H25N3O3S/c1-12(2)15(21-5-7-24-8-6-21)10-19-18(23)13-3-4-16-14(9-13)20-17(22)11-25-16/h3-4,9,12,15H,5-8,10-11H2,1-2H3,(H,19,23)(H,20,22). The van der Waals surface area contributed by atoms with Gasteiger partial charge < -0.3 is 15.4 Å². The van der Waals surface area contributed by atoms with Gasteiger partial charge in [0, 0.05) is 36.1 Å². The second kappa shape index (κ2) is 8.21. The minimum absolute atomic E-state index is 0.0257. The van der Waals surface area contributed by atoms with Crippen molar-refractivity contribution in [1.29, 1.82) is 0 Å². The molecular weight excluding hydrogens is 338 g/mol. The Bertz CT molecular complexity index is 644. The fourth-order valence-corrected chi connectivity index (χ4v) is 4.01. The Morgan fingerprint density at radius 3 is 2.84 bits per heavy atom. The van der Waals surface area contributed by atoms with Crippen LogP contribution in [0.5, 0.6) is 0 Å². The first-order valence-electron chi connectivity index (χ1n) is 8.71. The van der Waals surface area contributed by atoms with Gasteiger partial charge in [0.15, 0.2) is 0 Å². The molecule has 2 aliphatic heterocycles. The summed E-state index contributed by atoms with van der Waals surface area (Å²) in [5.41, 5.74) is 1.30. The molecule has 1 saturated heterocycles. The molecule has 6 nitrogen and oxygen atoms in total. The third-order valence-corrected chi connectivity index (χ3v) is 5.70. The van der Waals surface area contributed by atoms with Crippen molar-refractivity contribution in [2.75, 3.05) is 43.9 Å². The number of nitrogens with zero attached hydrogens (tertiary/aromatic N) is 1. The number of thioether (sulfide) groups is 1. The minimum atomic E-state index is -0.105. The van der Waals surface area contributed by atoms with E-state index in [4.69, 9.17) is 4.74 Å². The maximum atomic E-state index is 12.5. The molecule has 1 fully saturated rings. The van der Waals surface area contributed by atoms with Crippen molar-refractivity contribution < 1.29 is 14.3 Å². The Balaban J connectivity index is 1.63. The van der Waals surface area contributed by atoms with E-state index in [9.17, 15) is 9.59 Å². The number of fused-ring (bicyclic) bond motifs is 1. The number of hydrogen-bond donors (Lipinski definition) is 2. The van der Waals surface area contributed by atoms with Crippen LogP contribution in [0.25, 0.3) is 0 Å². The lowest BCUT2D eigenvalue weighted by Crippen LogP contribution is -2.51. The molecule has 2 amide bonds. The molecule has 1 aromatic carbocycles. The monoisotopic (exact) mass is 363 g/mol. The molecule has 2 N–H and O–H groups in total. The topological polar surface area (TPSA) is 70.7 Å². The quantitative estimate of drug-likeness (QED) is 0.835. The number of rotatable bonds is 5. The maximum Gasteiger partial charge on any atom is 0.251 e. The summed E-state index contributed by atoms with van der Waals surface area (Å²) < 4.78 is 5.42. The van der Waals surface area contributed by atoms with Crippen molar-refractivity contribution in [1.82, 2.24) is 10.2 Å². The van der Waals surface area contributed by atoms with Crippen molar-refractivity contribution in [2.24, 2.45) is 5.92 Å². The molecule has 0 aliphatic carbocycles. The first-order chi connectivity index (χ1) is 12.0. The molecule has 136 valence electrons. The van der Waals surface area contributed by atoms with Gasteiger partial charge in [-0.1, -0.05) is 13.8 Å². The van der Waals surface area contributed by atoms with Crippen LogP contribution in [0.15, 0.2) is 23.1 Å². The normalized spacial score (nSPS) is 19.2. The highest BCUT2D eigenvalue weighted by atomic mass is 32.2. The third kappa shape index (κ3) is 4.54. The Morgan fingerprint density at radius 2 is 2.12 bits per heavy atom. The van der Waals surface area contributed by atoms with Crippen molar-refractivity contribution in [3.8, 4) is 0 Å². The maximum absolute atomic E-state index is 12.5. The Kier molecular flexibility index (Phi) is 5.98. The van der Waals surface area contributed by atoms with Gasteiger partial charge in [0.25, 0.3) is 5.91 Å². The van der Waals surface area contributed by atoms with Crippen LogP contribution < -0.4 is 10.6 Å². The van der Waals surface area contributed by atoms with Gasteiger partial charge in [0.1, 0.15) is 0 Å². The summed E-state index contributed by atoms with van der Waals surface area (Å²) in [5.74, 6) is 0.736. The number of anilines is 1. The highest BCUT2D eigenvalue weighted by molar-refractivity contribution is 8.00. The van der Waals surface area contributed by atoms with E-state index in [1.165, 1.54) is 11.8 Å². The van der Waals surface area contributed by atoms with Crippen molar-refractivity contribution in [3.05, 3.63) is 23.8 Å². The van der Waals surface area contributed by atoms with Gasteiger partial charge in [-0.2, -0.15) is 0 Å². The van der Waals surface area contributed by atoms with Gasteiger partial charge in [-0.25, -0.2) is 0 Å². The molecule has 7 heteroatoms. The summed E-state index contributed by atoms with van der Waals surface area (Å²) in [7, 11) is 0. The first-order valence-corrected chi connectivity index (χ1v) is 9.70. The summed E-state index contributed by atoms with van der Waals surface area (Å²) >= 11 is 1.50. The molecule has 1 atom stereocenters. The number of carbonyl (C=O) groups is 2. The van der Waals surface area contributed by atoms with E-state index in [2.05, 4.69) is 29.4 Å². The second-order valence-electron chi connectivity index (χ2n) is 6.72. The molecule has 2 aliphatic rings. The first kappa shape index (κ1) is 18.2. The number of morpholine rings is 1. The third-order valence-electron chi connectivity index (χ3n) is 4.63. The lowest BCUT2D eigenvalue weighted by atomic mass is 10.0. The van der Waals surface area contributed by atoms with Crippen LogP contribution in [0, 0.1) is 5.92 Å². The number of nitrogens with one attached hydrogen (secondary N) is 2. The average Bonchev–Trinajstić information content (AvgIpc) is 2.61. The van der Waals surface area contributed by atoms with E-state index < -0.39 is 0 Å².